The Hall–Kier alpha value is -2.53. The van der Waals surface area contributed by atoms with Crippen LogP contribution in [0.5, 0.6) is 11.5 Å². The molecule has 0 radical (unpaired) electrons. The van der Waals surface area contributed by atoms with E-state index >= 15 is 0 Å². The summed E-state index contributed by atoms with van der Waals surface area (Å²) in [6, 6.07) is 13.7. The number of carbonyl (C=O) groups is 1. The van der Waals surface area contributed by atoms with Crippen LogP contribution in [-0.4, -0.2) is 20.1 Å². The molecule has 0 spiro atoms. The van der Waals surface area contributed by atoms with Crippen LogP contribution in [0, 0.1) is 0 Å². The first-order valence-electron chi connectivity index (χ1n) is 7.64. The van der Waals surface area contributed by atoms with E-state index in [-0.39, 0.29) is 5.91 Å². The van der Waals surface area contributed by atoms with Gasteiger partial charge in [0.05, 0.1) is 20.6 Å². The zero-order chi connectivity index (χ0) is 16.9. The van der Waals surface area contributed by atoms with Gasteiger partial charge in [0.25, 0.3) is 0 Å². The molecule has 0 bridgehead atoms. The lowest BCUT2D eigenvalue weighted by Gasteiger charge is -2.11. The summed E-state index contributed by atoms with van der Waals surface area (Å²) in [5.74, 6) is 1.46. The van der Waals surface area contributed by atoms with Gasteiger partial charge in [-0.15, -0.1) is 11.3 Å². The van der Waals surface area contributed by atoms with E-state index < -0.39 is 0 Å². The molecule has 24 heavy (non-hydrogen) atoms. The van der Waals surface area contributed by atoms with Gasteiger partial charge in [0.1, 0.15) is 11.5 Å². The van der Waals surface area contributed by atoms with Crippen LogP contribution >= 0.6 is 11.3 Å². The topological polar surface area (TPSA) is 47.6 Å². The number of benzene rings is 2. The van der Waals surface area contributed by atoms with Gasteiger partial charge in [0, 0.05) is 16.8 Å². The molecule has 0 atom stereocenters. The third kappa shape index (κ3) is 3.51. The molecule has 0 unspecified atom stereocenters. The van der Waals surface area contributed by atoms with Gasteiger partial charge in [0.2, 0.25) is 5.91 Å². The summed E-state index contributed by atoms with van der Waals surface area (Å²) in [5, 5.41) is 6.16. The molecule has 5 heteroatoms. The highest BCUT2D eigenvalue weighted by Gasteiger charge is 2.10. The van der Waals surface area contributed by atoms with Gasteiger partial charge >= 0.3 is 0 Å². The maximum atomic E-state index is 12.3. The Morgan fingerprint density at radius 1 is 1.08 bits per heavy atom. The monoisotopic (exact) mass is 341 g/mol. The van der Waals surface area contributed by atoms with Crippen LogP contribution in [0.15, 0.2) is 47.8 Å². The minimum absolute atomic E-state index is 0.0107. The number of methoxy groups -OCH3 is 2. The van der Waals surface area contributed by atoms with Crippen molar-refractivity contribution >= 4 is 27.3 Å². The van der Waals surface area contributed by atoms with Crippen molar-refractivity contribution in [3.63, 3.8) is 0 Å². The third-order valence-electron chi connectivity index (χ3n) is 3.88. The van der Waals surface area contributed by atoms with Crippen molar-refractivity contribution in [3.05, 3.63) is 59.0 Å². The molecule has 0 fully saturated rings. The molecule has 0 aliphatic heterocycles. The molecule has 2 aromatic carbocycles. The first-order chi connectivity index (χ1) is 11.7. The largest absolute Gasteiger partial charge is 0.497 e. The zero-order valence-corrected chi connectivity index (χ0v) is 14.5. The van der Waals surface area contributed by atoms with Crippen LogP contribution in [0.1, 0.15) is 11.1 Å². The highest BCUT2D eigenvalue weighted by Crippen LogP contribution is 2.26. The smallest absolute Gasteiger partial charge is 0.224 e. The number of nitrogens with one attached hydrogen (secondary N) is 1. The standard InChI is InChI=1S/C19H19NO3S/c1-22-15-7-8-17(23-2)13(9-15)11-20-19(21)10-14-12-24-18-6-4-3-5-16(14)18/h3-9,12H,10-11H2,1-2H3,(H,20,21). The normalized spacial score (nSPS) is 10.6. The molecule has 3 rings (SSSR count). The number of hydrogen-bond donors (Lipinski definition) is 1. The van der Waals surface area contributed by atoms with Gasteiger partial charge in [-0.1, -0.05) is 18.2 Å². The van der Waals surface area contributed by atoms with Crippen LogP contribution in [-0.2, 0) is 17.8 Å². The molecular weight excluding hydrogens is 322 g/mol. The third-order valence-corrected chi connectivity index (χ3v) is 4.89. The Labute approximate surface area is 145 Å². The maximum absolute atomic E-state index is 12.3. The number of hydrogen-bond acceptors (Lipinski definition) is 4. The van der Waals surface area contributed by atoms with Gasteiger partial charge in [-0.05, 0) is 40.6 Å². The van der Waals surface area contributed by atoms with Crippen molar-refractivity contribution in [2.45, 2.75) is 13.0 Å². The molecule has 3 aromatic rings. The maximum Gasteiger partial charge on any atom is 0.224 e. The van der Waals surface area contributed by atoms with Crippen LogP contribution < -0.4 is 14.8 Å². The number of fused-ring (bicyclic) bond motifs is 1. The zero-order valence-electron chi connectivity index (χ0n) is 13.7. The molecule has 0 aliphatic carbocycles. The first-order valence-corrected chi connectivity index (χ1v) is 8.52. The molecule has 0 aliphatic rings. The number of amides is 1. The van der Waals surface area contributed by atoms with Crippen molar-refractivity contribution < 1.29 is 14.3 Å². The Kier molecular flexibility index (Phi) is 5.01. The van der Waals surface area contributed by atoms with E-state index in [2.05, 4.69) is 22.8 Å². The van der Waals surface area contributed by atoms with E-state index in [0.29, 0.717) is 13.0 Å². The number of thiophene rings is 1. The fraction of sp³-hybridized carbons (Fsp3) is 0.211. The van der Waals surface area contributed by atoms with Crippen LogP contribution in [0.3, 0.4) is 0 Å². The summed E-state index contributed by atoms with van der Waals surface area (Å²) in [6.45, 7) is 0.404. The van der Waals surface area contributed by atoms with Gasteiger partial charge < -0.3 is 14.8 Å². The van der Waals surface area contributed by atoms with E-state index in [1.807, 2.05) is 30.3 Å². The summed E-state index contributed by atoms with van der Waals surface area (Å²) in [6.07, 6.45) is 0.371. The molecule has 0 saturated heterocycles. The number of ether oxygens (including phenoxy) is 2. The fourth-order valence-corrected chi connectivity index (χ4v) is 3.58. The summed E-state index contributed by atoms with van der Waals surface area (Å²) >= 11 is 1.66. The Morgan fingerprint density at radius 3 is 2.71 bits per heavy atom. The average Bonchev–Trinajstić information content (AvgIpc) is 3.02. The molecule has 1 N–H and O–H groups in total. The minimum atomic E-state index is -0.0107. The van der Waals surface area contributed by atoms with E-state index in [0.717, 1.165) is 28.0 Å². The second kappa shape index (κ2) is 7.36. The minimum Gasteiger partial charge on any atom is -0.497 e. The van der Waals surface area contributed by atoms with E-state index in [4.69, 9.17) is 9.47 Å². The Bertz CT molecular complexity index is 857. The highest BCUT2D eigenvalue weighted by atomic mass is 32.1. The molecule has 4 nitrogen and oxygen atoms in total. The van der Waals surface area contributed by atoms with Crippen LogP contribution in [0.4, 0.5) is 0 Å². The van der Waals surface area contributed by atoms with Crippen LogP contribution in [0.25, 0.3) is 10.1 Å². The lowest BCUT2D eigenvalue weighted by atomic mass is 10.1. The van der Waals surface area contributed by atoms with Gasteiger partial charge in [-0.3, -0.25) is 4.79 Å². The van der Waals surface area contributed by atoms with Crippen LogP contribution in [0.2, 0.25) is 0 Å². The summed E-state index contributed by atoms with van der Waals surface area (Å²) in [7, 11) is 3.23. The number of rotatable bonds is 6. The molecular formula is C19H19NO3S. The predicted molar refractivity (Wildman–Crippen MR) is 96.9 cm³/mol. The van der Waals surface area contributed by atoms with Crippen molar-refractivity contribution in [1.82, 2.24) is 5.32 Å². The van der Waals surface area contributed by atoms with Gasteiger partial charge in [-0.25, -0.2) is 0 Å². The summed E-state index contributed by atoms with van der Waals surface area (Å²) in [4.78, 5) is 12.3. The van der Waals surface area contributed by atoms with Crippen molar-refractivity contribution in [2.24, 2.45) is 0 Å². The van der Waals surface area contributed by atoms with E-state index in [1.54, 1.807) is 25.6 Å². The summed E-state index contributed by atoms with van der Waals surface area (Å²) < 4.78 is 11.8. The quantitative estimate of drug-likeness (QED) is 0.742. The average molecular weight is 341 g/mol. The van der Waals surface area contributed by atoms with Gasteiger partial charge in [-0.2, -0.15) is 0 Å². The van der Waals surface area contributed by atoms with Crippen molar-refractivity contribution in [3.8, 4) is 11.5 Å². The second-order valence-electron chi connectivity index (χ2n) is 5.39. The molecule has 0 saturated carbocycles. The lowest BCUT2D eigenvalue weighted by molar-refractivity contribution is -0.120. The Balaban J connectivity index is 1.67. The lowest BCUT2D eigenvalue weighted by Crippen LogP contribution is -2.24. The molecule has 124 valence electrons. The summed E-state index contributed by atoms with van der Waals surface area (Å²) in [5.41, 5.74) is 1.95. The Morgan fingerprint density at radius 2 is 1.92 bits per heavy atom. The molecule has 1 heterocycles. The van der Waals surface area contributed by atoms with Gasteiger partial charge in [0.15, 0.2) is 0 Å². The molecule has 1 amide bonds. The highest BCUT2D eigenvalue weighted by molar-refractivity contribution is 7.17. The van der Waals surface area contributed by atoms with Crippen molar-refractivity contribution in [1.29, 1.82) is 0 Å². The van der Waals surface area contributed by atoms with Crippen molar-refractivity contribution in [2.75, 3.05) is 14.2 Å². The second-order valence-corrected chi connectivity index (χ2v) is 6.30. The first kappa shape index (κ1) is 16.3. The van der Waals surface area contributed by atoms with E-state index in [1.165, 1.54) is 4.70 Å². The number of carbonyl (C=O) groups excluding carboxylic acids is 1. The SMILES string of the molecule is COc1ccc(OC)c(CNC(=O)Cc2csc3ccccc23)c1. The van der Waals surface area contributed by atoms with E-state index in [9.17, 15) is 4.79 Å². The fourth-order valence-electron chi connectivity index (χ4n) is 2.62. The predicted octanol–water partition coefficient (Wildman–Crippen LogP) is 3.78. The molecule has 1 aromatic heterocycles.